The van der Waals surface area contributed by atoms with Gasteiger partial charge in [0.05, 0.1) is 5.92 Å². The first-order valence-corrected chi connectivity index (χ1v) is 8.68. The summed E-state index contributed by atoms with van der Waals surface area (Å²) in [7, 11) is 0. The molecule has 0 amide bonds. The van der Waals surface area contributed by atoms with E-state index in [2.05, 4.69) is 17.4 Å². The summed E-state index contributed by atoms with van der Waals surface area (Å²) in [6.45, 7) is 0. The topological polar surface area (TPSA) is 12.0 Å². The van der Waals surface area contributed by atoms with E-state index in [0.717, 1.165) is 17.9 Å². The molecule has 0 bridgehead atoms. The average molecular weight is 315 g/mol. The Morgan fingerprint density at radius 1 is 1.14 bits per heavy atom. The minimum Gasteiger partial charge on any atom is -0.306 e. The minimum absolute atomic E-state index is 0.0119. The molecule has 1 fully saturated rings. The number of alkyl halides is 3. The smallest absolute Gasteiger partial charge is 0.306 e. The van der Waals surface area contributed by atoms with E-state index in [-0.39, 0.29) is 24.9 Å². The summed E-state index contributed by atoms with van der Waals surface area (Å²) >= 11 is 1.86. The second-order valence-corrected chi connectivity index (χ2v) is 7.07. The fourth-order valence-electron chi connectivity index (χ4n) is 3.44. The Morgan fingerprint density at radius 3 is 2.76 bits per heavy atom. The lowest BCUT2D eigenvalue weighted by Crippen LogP contribution is -2.41. The van der Waals surface area contributed by atoms with Gasteiger partial charge in [0.15, 0.2) is 0 Å². The molecule has 0 aromatic heterocycles. The van der Waals surface area contributed by atoms with Crippen molar-refractivity contribution in [3.63, 3.8) is 0 Å². The van der Waals surface area contributed by atoms with E-state index in [1.54, 1.807) is 0 Å². The van der Waals surface area contributed by atoms with Crippen molar-refractivity contribution in [2.24, 2.45) is 5.92 Å². The monoisotopic (exact) mass is 315 g/mol. The van der Waals surface area contributed by atoms with Crippen molar-refractivity contribution in [3.05, 3.63) is 35.4 Å². The van der Waals surface area contributed by atoms with Gasteiger partial charge in [-0.05, 0) is 30.4 Å². The van der Waals surface area contributed by atoms with Crippen LogP contribution in [0.5, 0.6) is 0 Å². The Labute approximate surface area is 127 Å². The van der Waals surface area contributed by atoms with Crippen molar-refractivity contribution < 1.29 is 13.2 Å². The molecule has 2 aliphatic rings. The van der Waals surface area contributed by atoms with Crippen molar-refractivity contribution >= 4 is 11.8 Å². The van der Waals surface area contributed by atoms with E-state index in [9.17, 15) is 13.2 Å². The summed E-state index contributed by atoms with van der Waals surface area (Å²) in [5.41, 5.74) is 2.58. The fourth-order valence-corrected chi connectivity index (χ4v) is 4.56. The van der Waals surface area contributed by atoms with Gasteiger partial charge in [-0.15, -0.1) is 0 Å². The molecule has 116 valence electrons. The molecule has 1 nitrogen and oxygen atoms in total. The third-order valence-corrected chi connectivity index (χ3v) is 5.63. The summed E-state index contributed by atoms with van der Waals surface area (Å²) in [5, 5.41) is 3.50. The number of rotatable bonds is 2. The van der Waals surface area contributed by atoms with Crippen LogP contribution >= 0.6 is 11.8 Å². The van der Waals surface area contributed by atoms with Crippen molar-refractivity contribution in [2.45, 2.75) is 49.7 Å². The zero-order valence-corrected chi connectivity index (χ0v) is 12.6. The van der Waals surface area contributed by atoms with Crippen molar-refractivity contribution in [3.8, 4) is 0 Å². The number of fused-ring (bicyclic) bond motifs is 1. The number of nitrogens with one attached hydrogen (secondary N) is 1. The zero-order valence-electron chi connectivity index (χ0n) is 11.8. The van der Waals surface area contributed by atoms with Crippen LogP contribution in [0.25, 0.3) is 0 Å². The standard InChI is InChI=1S/C16H20F3NS/c17-16(18,19)12-5-3-6-13(8-12)20-15-10-21-9-11-4-1-2-7-14(11)15/h1-2,4,7,12-13,15,20H,3,5-6,8-10H2. The Hall–Kier alpha value is -0.680. The molecule has 5 heteroatoms. The van der Waals surface area contributed by atoms with Gasteiger partial charge in [0.2, 0.25) is 0 Å². The van der Waals surface area contributed by atoms with Crippen LogP contribution in [0.3, 0.4) is 0 Å². The van der Waals surface area contributed by atoms with E-state index in [1.165, 1.54) is 11.1 Å². The summed E-state index contributed by atoms with van der Waals surface area (Å²) < 4.78 is 38.7. The predicted octanol–water partition coefficient (Wildman–Crippen LogP) is 4.69. The van der Waals surface area contributed by atoms with Crippen LogP contribution < -0.4 is 5.32 Å². The first kappa shape index (κ1) is 15.2. The number of halogens is 3. The maximum absolute atomic E-state index is 12.9. The van der Waals surface area contributed by atoms with Gasteiger partial charge >= 0.3 is 6.18 Å². The predicted molar refractivity (Wildman–Crippen MR) is 80.3 cm³/mol. The number of thioether (sulfide) groups is 1. The van der Waals surface area contributed by atoms with E-state index >= 15 is 0 Å². The zero-order chi connectivity index (χ0) is 14.9. The van der Waals surface area contributed by atoms with E-state index in [4.69, 9.17) is 0 Å². The highest BCUT2D eigenvalue weighted by Gasteiger charge is 2.42. The Morgan fingerprint density at radius 2 is 1.95 bits per heavy atom. The second kappa shape index (κ2) is 6.21. The Kier molecular flexibility index (Phi) is 4.50. The van der Waals surface area contributed by atoms with Crippen LogP contribution in [-0.4, -0.2) is 18.0 Å². The van der Waals surface area contributed by atoms with E-state index in [0.29, 0.717) is 6.42 Å². The van der Waals surface area contributed by atoms with Crippen molar-refractivity contribution in [1.29, 1.82) is 0 Å². The molecular formula is C16H20F3NS. The SMILES string of the molecule is FC(F)(F)C1CCCC(NC2CSCc3ccccc32)C1. The first-order valence-electron chi connectivity index (χ1n) is 7.52. The van der Waals surface area contributed by atoms with Gasteiger partial charge in [-0.2, -0.15) is 24.9 Å². The molecule has 0 spiro atoms. The van der Waals surface area contributed by atoms with Gasteiger partial charge in [0.25, 0.3) is 0 Å². The lowest BCUT2D eigenvalue weighted by Gasteiger charge is -2.35. The Balaban J connectivity index is 1.67. The van der Waals surface area contributed by atoms with Crippen LogP contribution in [-0.2, 0) is 5.75 Å². The molecule has 21 heavy (non-hydrogen) atoms. The van der Waals surface area contributed by atoms with Gasteiger partial charge in [0.1, 0.15) is 0 Å². The molecule has 0 radical (unpaired) electrons. The quantitative estimate of drug-likeness (QED) is 0.850. The van der Waals surface area contributed by atoms with Gasteiger partial charge in [0, 0.05) is 23.6 Å². The lowest BCUT2D eigenvalue weighted by atomic mass is 9.84. The van der Waals surface area contributed by atoms with Gasteiger partial charge in [-0.25, -0.2) is 0 Å². The molecular weight excluding hydrogens is 295 g/mol. The van der Waals surface area contributed by atoms with Crippen LogP contribution in [0.4, 0.5) is 13.2 Å². The summed E-state index contributed by atoms with van der Waals surface area (Å²) in [6, 6.07) is 8.45. The van der Waals surface area contributed by atoms with Gasteiger partial charge in [-0.3, -0.25) is 0 Å². The lowest BCUT2D eigenvalue weighted by molar-refractivity contribution is -0.183. The van der Waals surface area contributed by atoms with Gasteiger partial charge < -0.3 is 5.32 Å². The van der Waals surface area contributed by atoms with Crippen LogP contribution in [0.1, 0.15) is 42.9 Å². The largest absolute Gasteiger partial charge is 0.391 e. The van der Waals surface area contributed by atoms with E-state index < -0.39 is 12.1 Å². The maximum Gasteiger partial charge on any atom is 0.391 e. The second-order valence-electron chi connectivity index (χ2n) is 6.04. The number of hydrogen-bond acceptors (Lipinski definition) is 2. The molecule has 1 N–H and O–H groups in total. The summed E-state index contributed by atoms with van der Waals surface area (Å²) in [5.74, 6) is 0.823. The molecule has 1 aromatic rings. The molecule has 1 aliphatic heterocycles. The van der Waals surface area contributed by atoms with Crippen molar-refractivity contribution in [2.75, 3.05) is 5.75 Å². The molecule has 3 atom stereocenters. The number of benzene rings is 1. The fraction of sp³-hybridized carbons (Fsp3) is 0.625. The molecule has 1 saturated carbocycles. The highest BCUT2D eigenvalue weighted by atomic mass is 32.2. The highest BCUT2D eigenvalue weighted by molar-refractivity contribution is 7.98. The number of hydrogen-bond donors (Lipinski definition) is 1. The summed E-state index contributed by atoms with van der Waals surface area (Å²) in [4.78, 5) is 0. The Bertz CT molecular complexity index is 489. The molecule has 1 heterocycles. The molecule has 1 aliphatic carbocycles. The highest BCUT2D eigenvalue weighted by Crippen LogP contribution is 2.39. The van der Waals surface area contributed by atoms with Crippen LogP contribution in [0.15, 0.2) is 24.3 Å². The summed E-state index contributed by atoms with van der Waals surface area (Å²) in [6.07, 6.45) is -2.00. The maximum atomic E-state index is 12.9. The van der Waals surface area contributed by atoms with E-state index in [1.807, 2.05) is 23.9 Å². The van der Waals surface area contributed by atoms with Crippen molar-refractivity contribution in [1.82, 2.24) is 5.32 Å². The molecule has 0 saturated heterocycles. The molecule has 1 aromatic carbocycles. The molecule has 3 unspecified atom stereocenters. The molecule has 3 rings (SSSR count). The minimum atomic E-state index is -4.04. The first-order chi connectivity index (χ1) is 10.0. The third-order valence-electron chi connectivity index (χ3n) is 4.55. The normalized spacial score (nSPS) is 30.0. The average Bonchev–Trinajstić information content (AvgIpc) is 2.47. The van der Waals surface area contributed by atoms with Gasteiger partial charge in [-0.1, -0.05) is 30.7 Å². The van der Waals surface area contributed by atoms with Crippen LogP contribution in [0.2, 0.25) is 0 Å². The van der Waals surface area contributed by atoms with Crippen LogP contribution in [0, 0.1) is 5.92 Å². The third kappa shape index (κ3) is 3.57.